The van der Waals surface area contributed by atoms with Gasteiger partial charge in [0.05, 0.1) is 22.4 Å². The van der Waals surface area contributed by atoms with Crippen LogP contribution < -0.4 is 4.90 Å². The van der Waals surface area contributed by atoms with Crippen molar-refractivity contribution in [2.24, 2.45) is 23.7 Å². The third kappa shape index (κ3) is 3.10. The number of nitro groups is 1. The van der Waals surface area contributed by atoms with Crippen LogP contribution in [0.25, 0.3) is 5.57 Å². The normalized spacial score (nSPS) is 24.3. The Morgan fingerprint density at radius 2 is 1.31 bits per heavy atom. The zero-order chi connectivity index (χ0) is 24.3. The molecule has 4 atom stereocenters. The maximum Gasteiger partial charge on any atom is 0.271 e. The van der Waals surface area contributed by atoms with Gasteiger partial charge in [0.25, 0.3) is 5.69 Å². The Bertz CT molecular complexity index is 1370. The quantitative estimate of drug-likeness (QED) is 0.227. The maximum absolute atomic E-state index is 13.7. The molecule has 6 heteroatoms. The van der Waals surface area contributed by atoms with E-state index in [4.69, 9.17) is 0 Å². The molecular formula is C29H22N2O4. The average Bonchev–Trinajstić information content (AvgIpc) is 3.50. The van der Waals surface area contributed by atoms with E-state index in [0.29, 0.717) is 11.3 Å². The van der Waals surface area contributed by atoms with Crippen LogP contribution in [0.3, 0.4) is 0 Å². The number of nitrogens with zero attached hydrogens (tertiary/aromatic N) is 2. The van der Waals surface area contributed by atoms with Crippen LogP contribution in [0.4, 0.5) is 11.4 Å². The van der Waals surface area contributed by atoms with Gasteiger partial charge in [0, 0.05) is 24.0 Å². The molecule has 3 aromatic carbocycles. The predicted molar refractivity (Wildman–Crippen MR) is 132 cm³/mol. The fourth-order valence-corrected chi connectivity index (χ4v) is 6.00. The lowest BCUT2D eigenvalue weighted by molar-refractivity contribution is -0.384. The van der Waals surface area contributed by atoms with E-state index in [-0.39, 0.29) is 29.3 Å². The van der Waals surface area contributed by atoms with E-state index in [9.17, 15) is 19.7 Å². The molecule has 0 N–H and O–H groups in total. The number of hydrogen-bond acceptors (Lipinski definition) is 4. The lowest BCUT2D eigenvalue weighted by Gasteiger charge is -2.22. The number of nitro benzene ring substituents is 1. The summed E-state index contributed by atoms with van der Waals surface area (Å²) in [5.74, 6) is -1.96. The highest BCUT2D eigenvalue weighted by Crippen LogP contribution is 2.59. The van der Waals surface area contributed by atoms with Crippen molar-refractivity contribution in [2.45, 2.75) is 6.92 Å². The molecule has 1 saturated carbocycles. The van der Waals surface area contributed by atoms with Crippen LogP contribution in [0.15, 0.2) is 96.6 Å². The number of allylic oxidation sites excluding steroid dienone is 3. The van der Waals surface area contributed by atoms with Gasteiger partial charge in [0.2, 0.25) is 11.8 Å². The Hall–Kier alpha value is -4.32. The van der Waals surface area contributed by atoms with E-state index in [1.807, 2.05) is 36.4 Å². The van der Waals surface area contributed by atoms with E-state index in [0.717, 1.165) is 22.3 Å². The second-order valence-electron chi connectivity index (χ2n) is 9.29. The first kappa shape index (κ1) is 21.2. The predicted octanol–water partition coefficient (Wildman–Crippen LogP) is 5.33. The highest BCUT2D eigenvalue weighted by molar-refractivity contribution is 6.24. The van der Waals surface area contributed by atoms with Crippen LogP contribution in [0.1, 0.15) is 16.7 Å². The molecule has 3 aliphatic rings. The number of carbonyl (C=O) groups excluding carboxylic acids is 2. The molecule has 1 saturated heterocycles. The van der Waals surface area contributed by atoms with Crippen LogP contribution in [0.2, 0.25) is 0 Å². The number of aryl methyl sites for hydroxylation is 1. The molecule has 35 heavy (non-hydrogen) atoms. The number of carbonyl (C=O) groups is 2. The topological polar surface area (TPSA) is 80.5 Å². The number of imide groups is 1. The van der Waals surface area contributed by atoms with Gasteiger partial charge in [0.1, 0.15) is 0 Å². The number of amides is 2. The van der Waals surface area contributed by atoms with Crippen molar-refractivity contribution in [3.05, 3.63) is 123 Å². The molecule has 2 aliphatic carbocycles. The Morgan fingerprint density at radius 1 is 0.800 bits per heavy atom. The van der Waals surface area contributed by atoms with Gasteiger partial charge in [-0.3, -0.25) is 19.7 Å². The summed E-state index contributed by atoms with van der Waals surface area (Å²) < 4.78 is 0. The van der Waals surface area contributed by atoms with Gasteiger partial charge < -0.3 is 0 Å². The molecule has 4 unspecified atom stereocenters. The van der Waals surface area contributed by atoms with Crippen LogP contribution in [0.5, 0.6) is 0 Å². The maximum atomic E-state index is 13.7. The molecule has 0 aromatic heterocycles. The van der Waals surface area contributed by atoms with Gasteiger partial charge in [-0.1, -0.05) is 78.9 Å². The van der Waals surface area contributed by atoms with E-state index in [1.165, 1.54) is 17.0 Å². The van der Waals surface area contributed by atoms with Gasteiger partial charge in [0.15, 0.2) is 0 Å². The van der Waals surface area contributed by atoms with Gasteiger partial charge in [-0.05, 0) is 34.8 Å². The molecule has 0 radical (unpaired) electrons. The summed E-state index contributed by atoms with van der Waals surface area (Å²) in [7, 11) is 0. The van der Waals surface area contributed by atoms with Crippen molar-refractivity contribution >= 4 is 28.8 Å². The fourth-order valence-electron chi connectivity index (χ4n) is 6.00. The largest absolute Gasteiger partial charge is 0.274 e. The Kier molecular flexibility index (Phi) is 4.78. The number of fused-ring (bicyclic) bond motifs is 5. The Labute approximate surface area is 202 Å². The van der Waals surface area contributed by atoms with Gasteiger partial charge in [-0.15, -0.1) is 0 Å². The first-order valence-electron chi connectivity index (χ1n) is 11.6. The third-order valence-electron chi connectivity index (χ3n) is 7.47. The second kappa shape index (κ2) is 7.87. The summed E-state index contributed by atoms with van der Waals surface area (Å²) in [5.41, 5.74) is 5.11. The highest BCUT2D eigenvalue weighted by Gasteiger charge is 2.62. The smallest absolute Gasteiger partial charge is 0.271 e. The molecule has 6 rings (SSSR count). The van der Waals surface area contributed by atoms with Crippen molar-refractivity contribution in [1.82, 2.24) is 0 Å². The monoisotopic (exact) mass is 462 g/mol. The van der Waals surface area contributed by atoms with Crippen LogP contribution in [-0.2, 0) is 9.59 Å². The van der Waals surface area contributed by atoms with E-state index < -0.39 is 16.8 Å². The molecule has 0 spiro atoms. The van der Waals surface area contributed by atoms with Crippen molar-refractivity contribution in [3.63, 3.8) is 0 Å². The molecule has 3 aromatic rings. The summed E-state index contributed by atoms with van der Waals surface area (Å²) in [4.78, 5) is 39.5. The molecule has 2 fully saturated rings. The minimum Gasteiger partial charge on any atom is -0.274 e. The SMILES string of the molecule is Cc1ccc([N+](=O)[O-])cc1N1C(=O)C2C3C=CC(C3=C(c3ccccc3)c3ccccc3)C2C1=O. The molecule has 1 heterocycles. The molecule has 2 bridgehead atoms. The molecule has 6 nitrogen and oxygen atoms in total. The number of non-ortho nitro benzene ring substituents is 1. The molecule has 1 aliphatic heterocycles. The highest BCUT2D eigenvalue weighted by atomic mass is 16.6. The van der Waals surface area contributed by atoms with E-state index in [2.05, 4.69) is 36.4 Å². The first-order valence-corrected chi connectivity index (χ1v) is 11.6. The van der Waals surface area contributed by atoms with Gasteiger partial charge in [-0.2, -0.15) is 0 Å². The Balaban J connectivity index is 1.48. The molecule has 2 amide bonds. The molecular weight excluding hydrogens is 440 g/mol. The number of anilines is 1. The zero-order valence-electron chi connectivity index (χ0n) is 19.0. The fraction of sp³-hybridized carbons (Fsp3) is 0.172. The van der Waals surface area contributed by atoms with Gasteiger partial charge in [-0.25, -0.2) is 4.90 Å². The van der Waals surface area contributed by atoms with Crippen LogP contribution in [0, 0.1) is 40.7 Å². The number of benzene rings is 3. The molecule has 172 valence electrons. The average molecular weight is 463 g/mol. The van der Waals surface area contributed by atoms with Crippen LogP contribution in [-0.4, -0.2) is 16.7 Å². The second-order valence-corrected chi connectivity index (χ2v) is 9.29. The zero-order valence-corrected chi connectivity index (χ0v) is 19.0. The number of rotatable bonds is 4. The summed E-state index contributed by atoms with van der Waals surface area (Å²) >= 11 is 0. The van der Waals surface area contributed by atoms with Crippen molar-refractivity contribution < 1.29 is 14.5 Å². The summed E-state index contributed by atoms with van der Waals surface area (Å²) in [5, 5.41) is 11.3. The van der Waals surface area contributed by atoms with Crippen molar-refractivity contribution in [3.8, 4) is 0 Å². The summed E-state index contributed by atoms with van der Waals surface area (Å²) in [6, 6.07) is 24.5. The van der Waals surface area contributed by atoms with E-state index in [1.54, 1.807) is 13.0 Å². The van der Waals surface area contributed by atoms with Crippen molar-refractivity contribution in [1.29, 1.82) is 0 Å². The van der Waals surface area contributed by atoms with E-state index >= 15 is 0 Å². The minimum atomic E-state index is -0.507. The summed E-state index contributed by atoms with van der Waals surface area (Å²) in [6.45, 7) is 1.76. The third-order valence-corrected chi connectivity index (χ3v) is 7.47. The summed E-state index contributed by atoms with van der Waals surface area (Å²) in [6.07, 6.45) is 4.12. The number of hydrogen-bond donors (Lipinski definition) is 0. The first-order chi connectivity index (χ1) is 17.0. The van der Waals surface area contributed by atoms with Crippen LogP contribution >= 0.6 is 0 Å². The van der Waals surface area contributed by atoms with Gasteiger partial charge >= 0.3 is 0 Å². The minimum absolute atomic E-state index is 0.139. The lowest BCUT2D eigenvalue weighted by Crippen LogP contribution is -2.34. The standard InChI is InChI=1S/C29H22N2O4/c1-17-12-13-20(31(34)35)16-23(17)30-28(32)26-21-14-15-22(27(26)29(30)33)25(21)24(18-8-4-2-5-9-18)19-10-6-3-7-11-19/h2-16,21-22,26-27H,1H3. The Morgan fingerprint density at radius 3 is 1.80 bits per heavy atom. The van der Waals surface area contributed by atoms with Crippen molar-refractivity contribution in [2.75, 3.05) is 4.90 Å². The lowest BCUT2D eigenvalue weighted by atomic mass is 9.85.